The summed E-state index contributed by atoms with van der Waals surface area (Å²) >= 11 is 0. The van der Waals surface area contributed by atoms with Crippen LogP contribution in [0.25, 0.3) is 0 Å². The molecule has 1 amide bonds. The van der Waals surface area contributed by atoms with Crippen molar-refractivity contribution in [1.29, 1.82) is 0 Å². The highest BCUT2D eigenvalue weighted by Gasteiger charge is 2.25. The van der Waals surface area contributed by atoms with Gasteiger partial charge in [-0.3, -0.25) is 9.59 Å². The van der Waals surface area contributed by atoms with Gasteiger partial charge in [-0.05, 0) is 49.9 Å². The van der Waals surface area contributed by atoms with E-state index in [1.54, 1.807) is 23.1 Å². The van der Waals surface area contributed by atoms with E-state index in [1.807, 2.05) is 19.9 Å². The van der Waals surface area contributed by atoms with Crippen LogP contribution < -0.4 is 5.56 Å². The van der Waals surface area contributed by atoms with Crippen LogP contribution in [0.2, 0.25) is 0 Å². The van der Waals surface area contributed by atoms with Gasteiger partial charge in [-0.25, -0.2) is 9.48 Å². The lowest BCUT2D eigenvalue weighted by Gasteiger charge is -2.33. The molecule has 1 saturated heterocycles. The molecule has 3 rings (SSSR count). The summed E-state index contributed by atoms with van der Waals surface area (Å²) in [4.78, 5) is 37.7. The third-order valence-electron chi connectivity index (χ3n) is 5.10. The Morgan fingerprint density at radius 3 is 2.78 bits per heavy atom. The summed E-state index contributed by atoms with van der Waals surface area (Å²) in [6, 6.07) is 8.37. The van der Waals surface area contributed by atoms with Crippen LogP contribution in [0.1, 0.15) is 45.9 Å². The molecular weight excluding hydrogens is 346 g/mol. The van der Waals surface area contributed by atoms with Crippen molar-refractivity contribution in [3.63, 3.8) is 0 Å². The number of aromatic carboxylic acids is 1. The number of benzene rings is 1. The number of aromatic nitrogens is 2. The van der Waals surface area contributed by atoms with Crippen molar-refractivity contribution in [3.8, 4) is 0 Å². The lowest BCUT2D eigenvalue weighted by molar-refractivity contribution is -0.133. The average Bonchev–Trinajstić information content (AvgIpc) is 2.66. The molecule has 1 N–H and O–H groups in total. The lowest BCUT2D eigenvalue weighted by Crippen LogP contribution is -2.42. The molecule has 0 aliphatic carbocycles. The van der Waals surface area contributed by atoms with E-state index in [2.05, 4.69) is 5.10 Å². The monoisotopic (exact) mass is 369 g/mol. The van der Waals surface area contributed by atoms with Crippen LogP contribution in [-0.4, -0.2) is 44.8 Å². The number of carboxylic acid groups (broad SMARTS) is 1. The zero-order chi connectivity index (χ0) is 19.6. The van der Waals surface area contributed by atoms with Crippen LogP contribution in [0.5, 0.6) is 0 Å². The number of carbonyl (C=O) groups is 2. The van der Waals surface area contributed by atoms with E-state index in [-0.39, 0.29) is 29.5 Å². The third-order valence-corrected chi connectivity index (χ3v) is 5.10. The first-order chi connectivity index (χ1) is 12.8. The zero-order valence-corrected chi connectivity index (χ0v) is 15.5. The topological polar surface area (TPSA) is 92.5 Å². The maximum Gasteiger partial charge on any atom is 0.335 e. The summed E-state index contributed by atoms with van der Waals surface area (Å²) in [5.41, 5.74) is 2.43. The summed E-state index contributed by atoms with van der Waals surface area (Å²) in [6.07, 6.45) is 1.73. The largest absolute Gasteiger partial charge is 0.478 e. The third kappa shape index (κ3) is 4.24. The van der Waals surface area contributed by atoms with Gasteiger partial charge in [-0.1, -0.05) is 12.1 Å². The van der Waals surface area contributed by atoms with Gasteiger partial charge in [-0.2, -0.15) is 5.10 Å². The predicted molar refractivity (Wildman–Crippen MR) is 99.9 cm³/mol. The highest BCUT2D eigenvalue weighted by atomic mass is 16.4. The van der Waals surface area contributed by atoms with Gasteiger partial charge in [0.05, 0.1) is 11.3 Å². The minimum atomic E-state index is -0.958. The predicted octanol–water partition coefficient (Wildman–Crippen LogP) is 1.96. The Hall–Kier alpha value is -2.96. The van der Waals surface area contributed by atoms with Gasteiger partial charge in [0, 0.05) is 25.1 Å². The van der Waals surface area contributed by atoms with Gasteiger partial charge in [0.15, 0.2) is 0 Å². The number of carboxylic acids is 1. The molecule has 1 aromatic carbocycles. The molecule has 1 atom stereocenters. The van der Waals surface area contributed by atoms with E-state index in [0.29, 0.717) is 13.1 Å². The van der Waals surface area contributed by atoms with Gasteiger partial charge in [-0.15, -0.1) is 0 Å². The number of carbonyl (C=O) groups excluding carboxylic acids is 1. The first-order valence-electron chi connectivity index (χ1n) is 9.01. The summed E-state index contributed by atoms with van der Waals surface area (Å²) in [7, 11) is 0. The summed E-state index contributed by atoms with van der Waals surface area (Å²) in [6.45, 7) is 4.69. The molecule has 0 bridgehead atoms. The molecule has 1 aliphatic rings. The van der Waals surface area contributed by atoms with Crippen LogP contribution >= 0.6 is 0 Å². The highest BCUT2D eigenvalue weighted by Crippen LogP contribution is 2.27. The molecule has 1 aromatic heterocycles. The fourth-order valence-electron chi connectivity index (χ4n) is 3.42. The number of nitrogens with zero attached hydrogens (tertiary/aromatic N) is 3. The molecule has 7 nitrogen and oxygen atoms in total. The fourth-order valence-corrected chi connectivity index (χ4v) is 3.42. The van der Waals surface area contributed by atoms with Crippen molar-refractivity contribution in [3.05, 3.63) is 63.1 Å². The Balaban J connectivity index is 1.73. The quantitative estimate of drug-likeness (QED) is 0.889. The maximum atomic E-state index is 12.7. The first kappa shape index (κ1) is 18.8. The molecule has 0 saturated carbocycles. The number of rotatable bonds is 4. The van der Waals surface area contributed by atoms with Crippen LogP contribution in [0, 0.1) is 13.8 Å². The number of piperidine rings is 1. The molecule has 0 spiro atoms. The average molecular weight is 369 g/mol. The highest BCUT2D eigenvalue weighted by molar-refractivity contribution is 5.87. The smallest absolute Gasteiger partial charge is 0.335 e. The van der Waals surface area contributed by atoms with E-state index >= 15 is 0 Å². The number of hydrogen-bond acceptors (Lipinski definition) is 4. The second kappa shape index (κ2) is 7.73. The number of likely N-dealkylation sites (tertiary alicyclic amines) is 1. The maximum absolute atomic E-state index is 12.7. The first-order valence-corrected chi connectivity index (χ1v) is 9.01. The van der Waals surface area contributed by atoms with E-state index < -0.39 is 5.97 Å². The molecule has 0 radical (unpaired) electrons. The molecule has 1 fully saturated rings. The van der Waals surface area contributed by atoms with Gasteiger partial charge in [0.1, 0.15) is 6.54 Å². The van der Waals surface area contributed by atoms with Crippen molar-refractivity contribution in [2.24, 2.45) is 0 Å². The molecule has 1 aliphatic heterocycles. The normalized spacial score (nSPS) is 17.0. The summed E-state index contributed by atoms with van der Waals surface area (Å²) < 4.78 is 1.21. The molecule has 2 aromatic rings. The Kier molecular flexibility index (Phi) is 5.39. The van der Waals surface area contributed by atoms with E-state index in [0.717, 1.165) is 29.7 Å². The minimum absolute atomic E-state index is 0.0815. The Morgan fingerprint density at radius 1 is 1.26 bits per heavy atom. The Morgan fingerprint density at radius 2 is 2.04 bits per heavy atom. The zero-order valence-electron chi connectivity index (χ0n) is 15.5. The Labute approximate surface area is 157 Å². The second-order valence-electron chi connectivity index (χ2n) is 7.02. The van der Waals surface area contributed by atoms with Crippen LogP contribution in [-0.2, 0) is 11.3 Å². The molecule has 142 valence electrons. The van der Waals surface area contributed by atoms with Crippen molar-refractivity contribution < 1.29 is 14.7 Å². The number of aryl methyl sites for hydroxylation is 2. The molecule has 27 heavy (non-hydrogen) atoms. The number of amides is 1. The number of hydrogen-bond donors (Lipinski definition) is 1. The standard InChI is InChI=1S/C20H23N3O4/c1-13-9-18(24)23(21-14(13)2)12-19(25)22-8-4-7-17(11-22)15-5-3-6-16(10-15)20(26)27/h3,5-6,9-10,17H,4,7-8,11-12H2,1-2H3,(H,26,27)/t17-/m1/s1. The van der Waals surface area contributed by atoms with E-state index in [1.165, 1.54) is 10.7 Å². The van der Waals surface area contributed by atoms with Crippen LogP contribution in [0.15, 0.2) is 35.1 Å². The van der Waals surface area contributed by atoms with Crippen molar-refractivity contribution in [2.75, 3.05) is 13.1 Å². The minimum Gasteiger partial charge on any atom is -0.478 e. The SMILES string of the molecule is Cc1cc(=O)n(CC(=O)N2CCC[C@@H](c3cccc(C(=O)O)c3)C2)nc1C. The fraction of sp³-hybridized carbons (Fsp3) is 0.400. The Bertz CT molecular complexity index is 935. The van der Waals surface area contributed by atoms with Crippen molar-refractivity contribution in [2.45, 2.75) is 39.2 Å². The van der Waals surface area contributed by atoms with Gasteiger partial charge >= 0.3 is 5.97 Å². The van der Waals surface area contributed by atoms with Gasteiger partial charge in [0.25, 0.3) is 5.56 Å². The molecule has 0 unspecified atom stereocenters. The van der Waals surface area contributed by atoms with Gasteiger partial charge < -0.3 is 10.0 Å². The lowest BCUT2D eigenvalue weighted by atomic mass is 9.89. The van der Waals surface area contributed by atoms with Crippen molar-refractivity contribution >= 4 is 11.9 Å². The van der Waals surface area contributed by atoms with Crippen LogP contribution in [0.3, 0.4) is 0 Å². The molecular formula is C20H23N3O4. The van der Waals surface area contributed by atoms with E-state index in [9.17, 15) is 19.5 Å². The summed E-state index contributed by atoms with van der Waals surface area (Å²) in [5.74, 6) is -1.01. The molecule has 7 heteroatoms. The molecule has 2 heterocycles. The van der Waals surface area contributed by atoms with Crippen molar-refractivity contribution in [1.82, 2.24) is 14.7 Å². The second-order valence-corrected chi connectivity index (χ2v) is 7.02. The summed E-state index contributed by atoms with van der Waals surface area (Å²) in [5, 5.41) is 13.4. The van der Waals surface area contributed by atoms with Gasteiger partial charge in [0.2, 0.25) is 5.91 Å². The van der Waals surface area contributed by atoms with E-state index in [4.69, 9.17) is 0 Å². The van der Waals surface area contributed by atoms with Crippen LogP contribution in [0.4, 0.5) is 0 Å².